The highest BCUT2D eigenvalue weighted by atomic mass is 35.5. The molecule has 0 spiro atoms. The minimum absolute atomic E-state index is 0.144. The maximum Gasteiger partial charge on any atom is 0.0595 e. The van der Waals surface area contributed by atoms with E-state index in [2.05, 4.69) is 43.4 Å². The number of rotatable bonds is 5. The molecule has 0 aliphatic heterocycles. The fourth-order valence-corrected chi connectivity index (χ4v) is 2.61. The molecule has 0 saturated heterocycles. The third kappa shape index (κ3) is 3.54. The molecule has 0 aromatic heterocycles. The molecule has 1 unspecified atom stereocenters. The molecular weight excluding hydrogens is 289 g/mol. The first-order valence-corrected chi connectivity index (χ1v) is 7.63. The number of hydrogen-bond acceptors (Lipinski definition) is 1. The van der Waals surface area contributed by atoms with E-state index in [1.54, 1.807) is 0 Å². The van der Waals surface area contributed by atoms with Crippen molar-refractivity contribution in [3.63, 3.8) is 0 Å². The molecule has 0 aliphatic carbocycles. The van der Waals surface area contributed by atoms with Crippen LogP contribution in [0.4, 0.5) is 0 Å². The summed E-state index contributed by atoms with van der Waals surface area (Å²) in [6.07, 6.45) is 1.09. The molecule has 0 radical (unpaired) electrons. The second-order valence-corrected chi connectivity index (χ2v) is 5.73. The monoisotopic (exact) mass is 307 g/mol. The normalized spacial score (nSPS) is 12.4. The summed E-state index contributed by atoms with van der Waals surface area (Å²) in [5, 5.41) is 4.78. The molecule has 0 heterocycles. The van der Waals surface area contributed by atoms with Gasteiger partial charge in [0.2, 0.25) is 0 Å². The van der Waals surface area contributed by atoms with Gasteiger partial charge in [-0.2, -0.15) is 0 Å². The van der Waals surface area contributed by atoms with Crippen LogP contribution in [-0.4, -0.2) is 6.54 Å². The Morgan fingerprint density at radius 1 is 1.05 bits per heavy atom. The van der Waals surface area contributed by atoms with Crippen molar-refractivity contribution < 1.29 is 0 Å². The first-order chi connectivity index (χ1) is 9.63. The van der Waals surface area contributed by atoms with E-state index < -0.39 is 0 Å². The Hall–Kier alpha value is -1.02. The van der Waals surface area contributed by atoms with Gasteiger partial charge in [-0.1, -0.05) is 60.5 Å². The van der Waals surface area contributed by atoms with E-state index in [-0.39, 0.29) is 6.04 Å². The van der Waals surface area contributed by atoms with Gasteiger partial charge in [-0.05, 0) is 48.7 Å². The largest absolute Gasteiger partial charge is 0.306 e. The van der Waals surface area contributed by atoms with Gasteiger partial charge in [0.25, 0.3) is 0 Å². The number of halogens is 2. The van der Waals surface area contributed by atoms with Crippen molar-refractivity contribution in [1.29, 1.82) is 0 Å². The van der Waals surface area contributed by atoms with E-state index in [1.165, 1.54) is 11.1 Å². The summed E-state index contributed by atoms with van der Waals surface area (Å²) < 4.78 is 0. The van der Waals surface area contributed by atoms with Gasteiger partial charge >= 0.3 is 0 Å². The van der Waals surface area contributed by atoms with Gasteiger partial charge in [0.1, 0.15) is 0 Å². The van der Waals surface area contributed by atoms with Gasteiger partial charge < -0.3 is 5.32 Å². The Bertz CT molecular complexity index is 581. The molecule has 2 aromatic carbocycles. The Kier molecular flexibility index (Phi) is 5.47. The molecule has 2 aromatic rings. The zero-order valence-electron chi connectivity index (χ0n) is 11.8. The van der Waals surface area contributed by atoms with Crippen molar-refractivity contribution in [2.75, 3.05) is 6.54 Å². The van der Waals surface area contributed by atoms with Crippen molar-refractivity contribution in [1.82, 2.24) is 5.32 Å². The molecule has 106 valence electrons. The number of hydrogen-bond donors (Lipinski definition) is 1. The quantitative estimate of drug-likeness (QED) is 0.780. The Balaban J connectivity index is 2.41. The molecule has 1 atom stereocenters. The lowest BCUT2D eigenvalue weighted by molar-refractivity contribution is 0.596. The lowest BCUT2D eigenvalue weighted by Gasteiger charge is -2.22. The minimum Gasteiger partial charge on any atom is -0.306 e. The smallest absolute Gasteiger partial charge is 0.0595 e. The van der Waals surface area contributed by atoms with Gasteiger partial charge in [-0.3, -0.25) is 0 Å². The molecule has 0 saturated carbocycles. The zero-order valence-corrected chi connectivity index (χ0v) is 13.3. The summed E-state index contributed by atoms with van der Waals surface area (Å²) in [6, 6.07) is 14.4. The van der Waals surface area contributed by atoms with Crippen LogP contribution < -0.4 is 5.32 Å². The summed E-state index contributed by atoms with van der Waals surface area (Å²) in [7, 11) is 0. The molecular formula is C17H19Cl2N. The van der Waals surface area contributed by atoms with E-state index in [0.29, 0.717) is 10.0 Å². The van der Waals surface area contributed by atoms with E-state index >= 15 is 0 Å². The maximum atomic E-state index is 6.16. The Labute approximate surface area is 130 Å². The number of aryl methyl sites for hydroxylation is 1. The topological polar surface area (TPSA) is 12.0 Å². The zero-order chi connectivity index (χ0) is 14.5. The standard InChI is InChI=1S/C17H19Cl2N/c1-3-10-20-17(14-7-5-4-6-12(14)2)13-8-9-15(18)16(19)11-13/h4-9,11,17,20H,3,10H2,1-2H3. The average Bonchev–Trinajstić information content (AvgIpc) is 2.44. The van der Waals surface area contributed by atoms with Crippen molar-refractivity contribution >= 4 is 23.2 Å². The second kappa shape index (κ2) is 7.12. The van der Waals surface area contributed by atoms with Gasteiger partial charge in [0.15, 0.2) is 0 Å². The van der Waals surface area contributed by atoms with Crippen LogP contribution in [0.25, 0.3) is 0 Å². The van der Waals surface area contributed by atoms with E-state index in [9.17, 15) is 0 Å². The highest BCUT2D eigenvalue weighted by Crippen LogP contribution is 2.30. The first-order valence-electron chi connectivity index (χ1n) is 6.87. The van der Waals surface area contributed by atoms with E-state index in [0.717, 1.165) is 18.5 Å². The lowest BCUT2D eigenvalue weighted by Crippen LogP contribution is -2.23. The van der Waals surface area contributed by atoms with Gasteiger partial charge in [-0.25, -0.2) is 0 Å². The third-order valence-corrected chi connectivity index (χ3v) is 4.11. The Morgan fingerprint density at radius 2 is 1.80 bits per heavy atom. The van der Waals surface area contributed by atoms with Crippen LogP contribution in [-0.2, 0) is 0 Å². The fraction of sp³-hybridized carbons (Fsp3) is 0.294. The fourth-order valence-electron chi connectivity index (χ4n) is 2.30. The maximum absolute atomic E-state index is 6.16. The predicted molar refractivity (Wildman–Crippen MR) is 87.8 cm³/mol. The van der Waals surface area contributed by atoms with Crippen LogP contribution in [0, 0.1) is 6.92 Å². The van der Waals surface area contributed by atoms with Gasteiger partial charge in [-0.15, -0.1) is 0 Å². The molecule has 0 fully saturated rings. The summed E-state index contributed by atoms with van der Waals surface area (Å²) in [6.45, 7) is 5.25. The van der Waals surface area contributed by atoms with Crippen LogP contribution in [0.1, 0.15) is 36.1 Å². The highest BCUT2D eigenvalue weighted by Gasteiger charge is 2.16. The van der Waals surface area contributed by atoms with Crippen molar-refractivity contribution in [2.24, 2.45) is 0 Å². The highest BCUT2D eigenvalue weighted by molar-refractivity contribution is 6.42. The Morgan fingerprint density at radius 3 is 2.45 bits per heavy atom. The summed E-state index contributed by atoms with van der Waals surface area (Å²) in [5.74, 6) is 0. The first kappa shape index (κ1) is 15.4. The third-order valence-electron chi connectivity index (χ3n) is 3.37. The van der Waals surface area contributed by atoms with Crippen molar-refractivity contribution in [3.8, 4) is 0 Å². The van der Waals surface area contributed by atoms with Crippen LogP contribution in [0.5, 0.6) is 0 Å². The van der Waals surface area contributed by atoms with Gasteiger partial charge in [0.05, 0.1) is 16.1 Å². The van der Waals surface area contributed by atoms with Crippen molar-refractivity contribution in [3.05, 3.63) is 69.2 Å². The molecule has 0 amide bonds. The van der Waals surface area contributed by atoms with Crippen LogP contribution in [0.15, 0.2) is 42.5 Å². The molecule has 1 N–H and O–H groups in total. The SMILES string of the molecule is CCCNC(c1ccc(Cl)c(Cl)c1)c1ccccc1C. The molecule has 2 rings (SSSR count). The van der Waals surface area contributed by atoms with E-state index in [1.807, 2.05) is 18.2 Å². The molecule has 0 bridgehead atoms. The molecule has 3 heteroatoms. The van der Waals surface area contributed by atoms with Crippen LogP contribution in [0.3, 0.4) is 0 Å². The van der Waals surface area contributed by atoms with Gasteiger partial charge in [0, 0.05) is 0 Å². The second-order valence-electron chi connectivity index (χ2n) is 4.92. The average molecular weight is 308 g/mol. The minimum atomic E-state index is 0.144. The van der Waals surface area contributed by atoms with Crippen LogP contribution >= 0.6 is 23.2 Å². The number of benzene rings is 2. The van der Waals surface area contributed by atoms with Crippen molar-refractivity contribution in [2.45, 2.75) is 26.3 Å². The summed E-state index contributed by atoms with van der Waals surface area (Å²) in [5.41, 5.74) is 3.69. The van der Waals surface area contributed by atoms with E-state index in [4.69, 9.17) is 23.2 Å². The van der Waals surface area contributed by atoms with Crippen LogP contribution in [0.2, 0.25) is 10.0 Å². The predicted octanol–water partition coefficient (Wildman–Crippen LogP) is 5.39. The molecule has 0 aliphatic rings. The number of nitrogens with one attached hydrogen (secondary N) is 1. The summed E-state index contributed by atoms with van der Waals surface area (Å²) in [4.78, 5) is 0. The molecule has 20 heavy (non-hydrogen) atoms. The lowest BCUT2D eigenvalue weighted by atomic mass is 9.95. The summed E-state index contributed by atoms with van der Waals surface area (Å²) >= 11 is 12.2. The molecule has 1 nitrogen and oxygen atoms in total.